The van der Waals surface area contributed by atoms with Gasteiger partial charge in [0, 0.05) is 0 Å². The van der Waals surface area contributed by atoms with E-state index in [-0.39, 0.29) is 0 Å². The Hall–Kier alpha value is 1.05. The van der Waals surface area contributed by atoms with Crippen LogP contribution in [0.2, 0.25) is 33.5 Å². The van der Waals surface area contributed by atoms with Crippen LogP contribution in [-0.2, 0) is 2.79 Å². The van der Waals surface area contributed by atoms with Gasteiger partial charge in [0.2, 0.25) is 0 Å². The molecule has 1 nitrogen and oxygen atoms in total. The van der Waals surface area contributed by atoms with Crippen LogP contribution < -0.4 is 0 Å². The average molecular weight is 364 g/mol. The maximum atomic E-state index is 6.69. The molecular formula is C14H34Ge2O. The molecule has 0 heterocycles. The SMILES string of the molecule is CCCC[CH2][Ge]([CH3])([CH2]CCCC)[O][Ge]([CH3])([CH3])[CH3]. The third-order valence-corrected chi connectivity index (χ3v) is 23.5. The van der Waals surface area contributed by atoms with E-state index in [4.69, 9.17) is 2.79 Å². The minimum atomic E-state index is -1.92. The summed E-state index contributed by atoms with van der Waals surface area (Å²) >= 11 is -3.73. The Morgan fingerprint density at radius 2 is 1.12 bits per heavy atom. The van der Waals surface area contributed by atoms with Crippen LogP contribution in [0.5, 0.6) is 0 Å². The third-order valence-electron chi connectivity index (χ3n) is 3.17. The molecule has 0 radical (unpaired) electrons. The van der Waals surface area contributed by atoms with Crippen molar-refractivity contribution in [2.45, 2.75) is 85.9 Å². The quantitative estimate of drug-likeness (QED) is 0.352. The fraction of sp³-hybridized carbons (Fsp3) is 1.00. The van der Waals surface area contributed by atoms with Crippen molar-refractivity contribution in [3.63, 3.8) is 0 Å². The van der Waals surface area contributed by atoms with Gasteiger partial charge in [-0.3, -0.25) is 0 Å². The van der Waals surface area contributed by atoms with Crippen LogP contribution in [0, 0.1) is 0 Å². The molecule has 104 valence electrons. The van der Waals surface area contributed by atoms with Crippen molar-refractivity contribution in [3.8, 4) is 0 Å². The van der Waals surface area contributed by atoms with E-state index in [2.05, 4.69) is 36.9 Å². The van der Waals surface area contributed by atoms with Crippen molar-refractivity contribution in [1.82, 2.24) is 0 Å². The molecule has 0 rings (SSSR count). The molecule has 0 fully saturated rings. The first-order valence-corrected chi connectivity index (χ1v) is 20.6. The topological polar surface area (TPSA) is 9.23 Å². The number of rotatable bonds is 10. The van der Waals surface area contributed by atoms with Crippen LogP contribution in [0.15, 0.2) is 0 Å². The second-order valence-corrected chi connectivity index (χ2v) is 26.3. The van der Waals surface area contributed by atoms with Crippen molar-refractivity contribution >= 4 is 27.2 Å². The summed E-state index contributed by atoms with van der Waals surface area (Å²) in [6, 6.07) is 0. The molecule has 0 atom stereocenters. The molecule has 0 bridgehead atoms. The average Bonchev–Trinajstić information content (AvgIpc) is 2.15. The van der Waals surface area contributed by atoms with E-state index in [9.17, 15) is 0 Å². The van der Waals surface area contributed by atoms with Crippen LogP contribution in [0.3, 0.4) is 0 Å². The third kappa shape index (κ3) is 10.6. The molecule has 0 saturated carbocycles. The summed E-state index contributed by atoms with van der Waals surface area (Å²) in [6.45, 7) is 4.59. The predicted octanol–water partition coefficient (Wildman–Crippen LogP) is 5.79. The van der Waals surface area contributed by atoms with E-state index in [1.807, 2.05) is 0 Å². The molecule has 0 saturated heterocycles. The molecule has 0 spiro atoms. The van der Waals surface area contributed by atoms with Gasteiger partial charge < -0.3 is 0 Å². The van der Waals surface area contributed by atoms with E-state index in [1.54, 1.807) is 0 Å². The number of hydrogen-bond acceptors (Lipinski definition) is 1. The van der Waals surface area contributed by atoms with Crippen molar-refractivity contribution in [3.05, 3.63) is 0 Å². The van der Waals surface area contributed by atoms with Crippen LogP contribution in [0.1, 0.15) is 52.4 Å². The summed E-state index contributed by atoms with van der Waals surface area (Å²) < 4.78 is 6.69. The fourth-order valence-electron chi connectivity index (χ4n) is 2.46. The van der Waals surface area contributed by atoms with Gasteiger partial charge in [-0.05, 0) is 0 Å². The fourth-order valence-corrected chi connectivity index (χ4v) is 29.0. The van der Waals surface area contributed by atoms with E-state index in [0.717, 1.165) is 0 Å². The number of unbranched alkanes of at least 4 members (excludes halogenated alkanes) is 4. The molecule has 0 aromatic carbocycles. The van der Waals surface area contributed by atoms with Gasteiger partial charge in [0.1, 0.15) is 0 Å². The first-order chi connectivity index (χ1) is 7.83. The Morgan fingerprint density at radius 1 is 0.706 bits per heavy atom. The van der Waals surface area contributed by atoms with Crippen molar-refractivity contribution in [1.29, 1.82) is 0 Å². The van der Waals surface area contributed by atoms with E-state index in [1.165, 1.54) is 49.0 Å². The van der Waals surface area contributed by atoms with Gasteiger partial charge in [-0.15, -0.1) is 0 Å². The Kier molecular flexibility index (Phi) is 9.59. The van der Waals surface area contributed by atoms with Crippen LogP contribution in [0.25, 0.3) is 0 Å². The van der Waals surface area contributed by atoms with Gasteiger partial charge in [-0.1, -0.05) is 0 Å². The molecule has 0 N–H and O–H groups in total. The van der Waals surface area contributed by atoms with Crippen molar-refractivity contribution in [2.24, 2.45) is 0 Å². The normalized spacial score (nSPS) is 13.1. The molecule has 17 heavy (non-hydrogen) atoms. The Labute approximate surface area is 115 Å². The monoisotopic (exact) mass is 366 g/mol. The molecule has 0 aliphatic carbocycles. The van der Waals surface area contributed by atoms with E-state index < -0.39 is 27.2 Å². The molecular weight excluding hydrogens is 329 g/mol. The second kappa shape index (κ2) is 9.03. The standard InChI is InChI=1S/C14H34Ge2O/c1-7-9-11-13-16(6,14-12-10-8-2)17-15(3,4)5/h7-14H2,1-6H3. The summed E-state index contributed by atoms with van der Waals surface area (Å²) in [5, 5.41) is 2.89. The van der Waals surface area contributed by atoms with Gasteiger partial charge in [-0.25, -0.2) is 0 Å². The van der Waals surface area contributed by atoms with Crippen LogP contribution in [0.4, 0.5) is 0 Å². The minimum absolute atomic E-state index is 1.34. The summed E-state index contributed by atoms with van der Waals surface area (Å²) in [5.74, 6) is 9.76. The summed E-state index contributed by atoms with van der Waals surface area (Å²) in [5.41, 5.74) is 0. The molecule has 0 aliphatic heterocycles. The van der Waals surface area contributed by atoms with Crippen molar-refractivity contribution in [2.75, 3.05) is 0 Å². The first-order valence-electron chi connectivity index (χ1n) is 7.53. The molecule has 0 aromatic heterocycles. The van der Waals surface area contributed by atoms with Crippen LogP contribution >= 0.6 is 0 Å². The van der Waals surface area contributed by atoms with Gasteiger partial charge in [0.05, 0.1) is 0 Å². The summed E-state index contributed by atoms with van der Waals surface area (Å²) in [4.78, 5) is 0. The summed E-state index contributed by atoms with van der Waals surface area (Å²) in [6.07, 6.45) is 8.30. The first kappa shape index (κ1) is 18.0. The molecule has 0 aromatic rings. The zero-order valence-electron chi connectivity index (χ0n) is 13.1. The van der Waals surface area contributed by atoms with E-state index >= 15 is 0 Å². The Balaban J connectivity index is 4.24. The molecule has 0 amide bonds. The van der Waals surface area contributed by atoms with Gasteiger partial charge in [-0.2, -0.15) is 0 Å². The van der Waals surface area contributed by atoms with Gasteiger partial charge in [0.25, 0.3) is 0 Å². The number of hydrogen-bond donors (Lipinski definition) is 0. The van der Waals surface area contributed by atoms with Gasteiger partial charge >= 0.3 is 116 Å². The second-order valence-electron chi connectivity index (χ2n) is 6.58. The molecule has 0 aliphatic rings. The predicted molar refractivity (Wildman–Crippen MR) is 84.7 cm³/mol. The van der Waals surface area contributed by atoms with Crippen molar-refractivity contribution < 1.29 is 2.79 Å². The maximum absolute atomic E-state index is 6.69. The summed E-state index contributed by atoms with van der Waals surface area (Å²) in [7, 11) is 0. The van der Waals surface area contributed by atoms with Gasteiger partial charge in [0.15, 0.2) is 0 Å². The Bertz CT molecular complexity index is 177. The molecule has 3 heteroatoms. The zero-order chi connectivity index (χ0) is 13.4. The Morgan fingerprint density at radius 3 is 1.41 bits per heavy atom. The van der Waals surface area contributed by atoms with Crippen LogP contribution in [-0.4, -0.2) is 27.2 Å². The van der Waals surface area contributed by atoms with E-state index in [0.29, 0.717) is 0 Å². The molecule has 0 unspecified atom stereocenters. The zero-order valence-corrected chi connectivity index (χ0v) is 17.3.